The van der Waals surface area contributed by atoms with Crippen LogP contribution in [0.2, 0.25) is 4.34 Å². The van der Waals surface area contributed by atoms with Crippen molar-refractivity contribution >= 4 is 34.7 Å². The van der Waals surface area contributed by atoms with Gasteiger partial charge in [0.05, 0.1) is 12.8 Å². The Balaban J connectivity index is 2.27. The minimum absolute atomic E-state index is 0.741. The Morgan fingerprint density at radius 1 is 1.82 bits per heavy atom. The average Bonchev–Trinajstić information content (AvgIpc) is 2.37. The van der Waals surface area contributed by atoms with E-state index >= 15 is 0 Å². The minimum atomic E-state index is 0.741. The first-order chi connectivity index (χ1) is 5.33. The molecule has 1 rings (SSSR count). The van der Waals surface area contributed by atoms with E-state index in [2.05, 4.69) is 4.98 Å². The van der Waals surface area contributed by atoms with Crippen molar-refractivity contribution in [2.45, 2.75) is 4.34 Å². The maximum atomic E-state index is 5.68. The number of halogens is 1. The van der Waals surface area contributed by atoms with E-state index in [0.717, 1.165) is 21.0 Å². The fourth-order valence-electron chi connectivity index (χ4n) is 0.519. The quantitative estimate of drug-likeness (QED) is 0.562. The molecule has 0 aliphatic rings. The van der Waals surface area contributed by atoms with Crippen LogP contribution in [0.4, 0.5) is 0 Å². The molecule has 1 aromatic heterocycles. The van der Waals surface area contributed by atoms with Crippen molar-refractivity contribution in [2.24, 2.45) is 0 Å². The van der Waals surface area contributed by atoms with Crippen molar-refractivity contribution in [3.63, 3.8) is 0 Å². The molecule has 0 unspecified atom stereocenters. The number of thiazole rings is 1. The van der Waals surface area contributed by atoms with E-state index < -0.39 is 0 Å². The van der Waals surface area contributed by atoms with Crippen LogP contribution in [-0.4, -0.2) is 24.5 Å². The summed E-state index contributed by atoms with van der Waals surface area (Å²) in [5, 5.41) is 0. The van der Waals surface area contributed by atoms with Crippen LogP contribution >= 0.6 is 34.7 Å². The first-order valence-electron chi connectivity index (χ1n) is 3.06. The Labute approximate surface area is 78.9 Å². The summed E-state index contributed by atoms with van der Waals surface area (Å²) in [5.74, 6) is 0.931. The zero-order valence-corrected chi connectivity index (χ0v) is 8.43. The molecule has 0 saturated carbocycles. The van der Waals surface area contributed by atoms with Crippen LogP contribution in [0.15, 0.2) is 10.5 Å². The van der Waals surface area contributed by atoms with Gasteiger partial charge in [0.25, 0.3) is 0 Å². The van der Waals surface area contributed by atoms with E-state index in [1.807, 2.05) is 0 Å². The maximum Gasteiger partial charge on any atom is 0.151 e. The Kier molecular flexibility index (Phi) is 4.22. The van der Waals surface area contributed by atoms with Gasteiger partial charge in [-0.3, -0.25) is 0 Å². The lowest BCUT2D eigenvalue weighted by Gasteiger charge is -1.93. The van der Waals surface area contributed by atoms with Crippen molar-refractivity contribution in [1.82, 2.24) is 4.98 Å². The Morgan fingerprint density at radius 3 is 3.18 bits per heavy atom. The van der Waals surface area contributed by atoms with Gasteiger partial charge in [-0.05, 0) is 0 Å². The van der Waals surface area contributed by atoms with Gasteiger partial charge >= 0.3 is 0 Å². The summed E-state index contributed by atoms with van der Waals surface area (Å²) < 4.78 is 6.64. The first kappa shape index (κ1) is 9.32. The summed E-state index contributed by atoms with van der Waals surface area (Å²) >= 11 is 8.85. The number of ether oxygens (including phenoxy) is 1. The fraction of sp³-hybridized carbons (Fsp3) is 0.500. The molecule has 1 heterocycles. The van der Waals surface area contributed by atoms with Gasteiger partial charge in [0.2, 0.25) is 0 Å². The van der Waals surface area contributed by atoms with Crippen LogP contribution in [0.5, 0.6) is 0 Å². The zero-order chi connectivity index (χ0) is 8.10. The van der Waals surface area contributed by atoms with Gasteiger partial charge in [0, 0.05) is 12.9 Å². The van der Waals surface area contributed by atoms with Crippen LogP contribution < -0.4 is 0 Å². The van der Waals surface area contributed by atoms with E-state index in [9.17, 15) is 0 Å². The number of hydrogen-bond donors (Lipinski definition) is 0. The zero-order valence-electron chi connectivity index (χ0n) is 6.04. The number of thioether (sulfide) groups is 1. The third kappa shape index (κ3) is 3.42. The molecule has 0 atom stereocenters. The predicted octanol–water partition coefficient (Wildman–Crippen LogP) is 2.54. The molecule has 0 amide bonds. The van der Waals surface area contributed by atoms with E-state index in [4.69, 9.17) is 16.3 Å². The lowest BCUT2D eigenvalue weighted by atomic mass is 10.9. The Bertz CT molecular complexity index is 216. The Hall–Kier alpha value is 0.230. The molecule has 5 heteroatoms. The van der Waals surface area contributed by atoms with Crippen molar-refractivity contribution in [3.8, 4) is 0 Å². The molecule has 2 nitrogen and oxygen atoms in total. The molecule has 0 bridgehead atoms. The lowest BCUT2D eigenvalue weighted by molar-refractivity contribution is 0.218. The monoisotopic (exact) mass is 209 g/mol. The van der Waals surface area contributed by atoms with Crippen LogP contribution in [-0.2, 0) is 4.74 Å². The van der Waals surface area contributed by atoms with Crippen LogP contribution in [0.1, 0.15) is 0 Å². The largest absolute Gasteiger partial charge is 0.384 e. The molecule has 0 saturated heterocycles. The second-order valence-corrected chi connectivity index (χ2v) is 4.78. The van der Waals surface area contributed by atoms with Gasteiger partial charge < -0.3 is 4.74 Å². The summed E-state index contributed by atoms with van der Waals surface area (Å²) in [6.07, 6.45) is 1.67. The van der Waals surface area contributed by atoms with Gasteiger partial charge in [-0.25, -0.2) is 4.98 Å². The molecule has 0 radical (unpaired) electrons. The number of aromatic nitrogens is 1. The third-order valence-corrected chi connectivity index (χ3v) is 3.21. The summed E-state index contributed by atoms with van der Waals surface area (Å²) in [7, 11) is 1.69. The van der Waals surface area contributed by atoms with Crippen molar-refractivity contribution < 1.29 is 4.74 Å². The summed E-state index contributed by atoms with van der Waals surface area (Å²) in [5.41, 5.74) is 0. The topological polar surface area (TPSA) is 22.1 Å². The highest BCUT2D eigenvalue weighted by Gasteiger charge is 1.98. The van der Waals surface area contributed by atoms with Gasteiger partial charge in [-0.1, -0.05) is 34.7 Å². The lowest BCUT2D eigenvalue weighted by Crippen LogP contribution is -1.90. The minimum Gasteiger partial charge on any atom is -0.384 e. The molecular formula is C6H8ClNOS2. The number of rotatable bonds is 4. The van der Waals surface area contributed by atoms with Gasteiger partial charge in [-0.15, -0.1) is 0 Å². The van der Waals surface area contributed by atoms with Crippen molar-refractivity contribution in [1.29, 1.82) is 0 Å². The van der Waals surface area contributed by atoms with E-state index in [1.54, 1.807) is 25.1 Å². The average molecular weight is 210 g/mol. The van der Waals surface area contributed by atoms with Crippen molar-refractivity contribution in [2.75, 3.05) is 19.5 Å². The molecule has 0 N–H and O–H groups in total. The Morgan fingerprint density at radius 2 is 2.64 bits per heavy atom. The predicted molar refractivity (Wildman–Crippen MR) is 49.7 cm³/mol. The molecular weight excluding hydrogens is 202 g/mol. The molecule has 0 fully saturated rings. The molecule has 0 aliphatic carbocycles. The second kappa shape index (κ2) is 4.98. The molecule has 1 aromatic rings. The SMILES string of the molecule is COCCSc1ncc(Cl)s1. The standard InChI is InChI=1S/C6H8ClNOS2/c1-9-2-3-10-6-8-4-5(7)11-6/h4H,2-3H2,1H3. The fourth-order valence-corrected chi connectivity index (χ4v) is 2.61. The normalized spacial score (nSPS) is 10.4. The third-order valence-electron chi connectivity index (χ3n) is 0.969. The highest BCUT2D eigenvalue weighted by molar-refractivity contribution is 8.01. The number of nitrogens with zero attached hydrogens (tertiary/aromatic N) is 1. The van der Waals surface area contributed by atoms with Crippen molar-refractivity contribution in [3.05, 3.63) is 10.5 Å². The molecule has 0 aliphatic heterocycles. The molecule has 0 spiro atoms. The van der Waals surface area contributed by atoms with Gasteiger partial charge in [-0.2, -0.15) is 0 Å². The van der Waals surface area contributed by atoms with Crippen LogP contribution in [0.3, 0.4) is 0 Å². The van der Waals surface area contributed by atoms with E-state index in [0.29, 0.717) is 0 Å². The van der Waals surface area contributed by atoms with Crippen LogP contribution in [0.25, 0.3) is 0 Å². The maximum absolute atomic E-state index is 5.68. The number of hydrogen-bond acceptors (Lipinski definition) is 4. The molecule has 0 aromatic carbocycles. The summed E-state index contributed by atoms with van der Waals surface area (Å²) in [4.78, 5) is 4.08. The highest BCUT2D eigenvalue weighted by Crippen LogP contribution is 2.26. The van der Waals surface area contributed by atoms with Gasteiger partial charge in [0.1, 0.15) is 4.34 Å². The second-order valence-electron chi connectivity index (χ2n) is 1.77. The van der Waals surface area contributed by atoms with Gasteiger partial charge in [0.15, 0.2) is 4.34 Å². The van der Waals surface area contributed by atoms with Crippen LogP contribution in [0, 0.1) is 0 Å². The van der Waals surface area contributed by atoms with E-state index in [-0.39, 0.29) is 0 Å². The summed E-state index contributed by atoms with van der Waals surface area (Å²) in [6, 6.07) is 0. The number of methoxy groups -OCH3 is 1. The van der Waals surface area contributed by atoms with E-state index in [1.165, 1.54) is 11.3 Å². The smallest absolute Gasteiger partial charge is 0.151 e. The molecule has 11 heavy (non-hydrogen) atoms. The highest BCUT2D eigenvalue weighted by atomic mass is 35.5. The molecule has 62 valence electrons. The first-order valence-corrected chi connectivity index (χ1v) is 5.24. The summed E-state index contributed by atoms with van der Waals surface area (Å²) in [6.45, 7) is 0.752.